The Morgan fingerprint density at radius 3 is 2.51 bits per heavy atom. The molecule has 0 amide bonds. The molecule has 0 radical (unpaired) electrons. The van der Waals surface area contributed by atoms with Gasteiger partial charge in [0.1, 0.15) is 11.6 Å². The van der Waals surface area contributed by atoms with Crippen molar-refractivity contribution in [1.82, 2.24) is 19.9 Å². The van der Waals surface area contributed by atoms with E-state index in [9.17, 15) is 18.4 Å². The minimum atomic E-state index is -4.52. The summed E-state index contributed by atoms with van der Waals surface area (Å²) in [6.45, 7) is 2.88. The van der Waals surface area contributed by atoms with E-state index in [0.29, 0.717) is 44.1 Å². The monoisotopic (exact) mass is 484 g/mol. The highest BCUT2D eigenvalue weighted by Gasteiger charge is 2.36. The van der Waals surface area contributed by atoms with E-state index in [1.165, 1.54) is 6.20 Å². The summed E-state index contributed by atoms with van der Waals surface area (Å²) in [6.07, 6.45) is 4.43. The Labute approximate surface area is 202 Å². The van der Waals surface area contributed by atoms with Gasteiger partial charge in [-0.1, -0.05) is 12.8 Å². The van der Waals surface area contributed by atoms with Gasteiger partial charge >= 0.3 is 6.18 Å². The van der Waals surface area contributed by atoms with Crippen LogP contribution in [0.2, 0.25) is 0 Å². The maximum atomic E-state index is 14.0. The average molecular weight is 485 g/mol. The molecule has 5 rings (SSSR count). The highest BCUT2D eigenvalue weighted by Crippen LogP contribution is 2.39. The van der Waals surface area contributed by atoms with Crippen molar-refractivity contribution in [2.24, 2.45) is 0 Å². The van der Waals surface area contributed by atoms with Crippen LogP contribution in [0.5, 0.6) is 0 Å². The van der Waals surface area contributed by atoms with Gasteiger partial charge in [-0.2, -0.15) is 23.4 Å². The third kappa shape index (κ3) is 4.89. The van der Waals surface area contributed by atoms with Gasteiger partial charge in [-0.3, -0.25) is 0 Å². The fourth-order valence-electron chi connectivity index (χ4n) is 5.01. The number of piperazine rings is 1. The Kier molecular flexibility index (Phi) is 6.23. The third-order valence-electron chi connectivity index (χ3n) is 6.92. The summed E-state index contributed by atoms with van der Waals surface area (Å²) in [5.74, 6) is 0.902. The van der Waals surface area contributed by atoms with Crippen LogP contribution in [0.4, 0.5) is 36.4 Å². The highest BCUT2D eigenvalue weighted by atomic mass is 19.4. The molecule has 0 unspecified atom stereocenters. The lowest BCUT2D eigenvalue weighted by Crippen LogP contribution is -2.45. The van der Waals surface area contributed by atoms with E-state index >= 15 is 0 Å². The number of nitrogens with one attached hydrogen (secondary N) is 1. The number of nitriles is 1. The number of aromatic nitrogens is 3. The van der Waals surface area contributed by atoms with Crippen molar-refractivity contribution in [3.8, 4) is 6.07 Å². The lowest BCUT2D eigenvalue weighted by molar-refractivity contribution is -0.137. The van der Waals surface area contributed by atoms with Crippen molar-refractivity contribution in [3.05, 3.63) is 35.2 Å². The molecule has 0 bridgehead atoms. The van der Waals surface area contributed by atoms with Crippen LogP contribution in [-0.4, -0.2) is 65.7 Å². The number of pyridine rings is 1. The first-order chi connectivity index (χ1) is 16.8. The highest BCUT2D eigenvalue weighted by molar-refractivity contribution is 5.74. The maximum Gasteiger partial charge on any atom is 0.418 e. The predicted octanol–water partition coefficient (Wildman–Crippen LogP) is 4.06. The number of alkyl halides is 3. The van der Waals surface area contributed by atoms with Gasteiger partial charge in [-0.15, -0.1) is 0 Å². The van der Waals surface area contributed by atoms with Crippen molar-refractivity contribution in [1.29, 1.82) is 5.26 Å². The molecule has 2 aromatic rings. The van der Waals surface area contributed by atoms with Gasteiger partial charge in [0.15, 0.2) is 0 Å². The van der Waals surface area contributed by atoms with E-state index in [1.807, 2.05) is 7.05 Å². The second-order valence-electron chi connectivity index (χ2n) is 9.32. The topological polar surface area (TPSA) is 84.2 Å². The van der Waals surface area contributed by atoms with Crippen molar-refractivity contribution in [2.45, 2.75) is 37.9 Å². The molecule has 1 saturated heterocycles. The minimum absolute atomic E-state index is 0.0339. The van der Waals surface area contributed by atoms with Gasteiger partial charge in [-0.25, -0.2) is 9.97 Å². The molecule has 2 fully saturated rings. The first-order valence-corrected chi connectivity index (χ1v) is 11.8. The first-order valence-electron chi connectivity index (χ1n) is 11.8. The van der Waals surface area contributed by atoms with Gasteiger partial charge < -0.3 is 20.0 Å². The molecule has 35 heavy (non-hydrogen) atoms. The number of halogens is 3. The molecule has 1 aliphatic carbocycles. The Morgan fingerprint density at radius 2 is 1.83 bits per heavy atom. The van der Waals surface area contributed by atoms with E-state index in [0.717, 1.165) is 37.3 Å². The van der Waals surface area contributed by atoms with Crippen LogP contribution >= 0.6 is 0 Å². The molecule has 4 heterocycles. The van der Waals surface area contributed by atoms with Gasteiger partial charge in [0.25, 0.3) is 0 Å². The summed E-state index contributed by atoms with van der Waals surface area (Å²) in [4.78, 5) is 19.1. The summed E-state index contributed by atoms with van der Waals surface area (Å²) in [7, 11) is 1.95. The summed E-state index contributed by atoms with van der Waals surface area (Å²) >= 11 is 0. The number of fused-ring (bicyclic) bond motifs is 1. The van der Waals surface area contributed by atoms with Gasteiger partial charge in [0.2, 0.25) is 5.95 Å². The Balaban J connectivity index is 1.44. The normalized spacial score (nSPS) is 19.3. The Bertz CT molecular complexity index is 1160. The van der Waals surface area contributed by atoms with E-state index in [-0.39, 0.29) is 23.5 Å². The van der Waals surface area contributed by atoms with Crippen LogP contribution in [0.1, 0.15) is 36.8 Å². The van der Waals surface area contributed by atoms with E-state index in [2.05, 4.69) is 36.1 Å². The fraction of sp³-hybridized carbons (Fsp3) is 0.500. The van der Waals surface area contributed by atoms with Crippen LogP contribution in [0, 0.1) is 11.3 Å². The van der Waals surface area contributed by atoms with Crippen LogP contribution in [0.3, 0.4) is 0 Å². The maximum absolute atomic E-state index is 14.0. The smallest absolute Gasteiger partial charge is 0.367 e. The number of rotatable bonds is 4. The summed E-state index contributed by atoms with van der Waals surface area (Å²) in [5.41, 5.74) is 0.736. The quantitative estimate of drug-likeness (QED) is 0.696. The second-order valence-corrected chi connectivity index (χ2v) is 9.32. The second kappa shape index (κ2) is 9.34. The molecule has 0 spiro atoms. The van der Waals surface area contributed by atoms with Crippen LogP contribution < -0.4 is 15.1 Å². The molecule has 1 N–H and O–H groups in total. The van der Waals surface area contributed by atoms with Crippen LogP contribution in [0.25, 0.3) is 6.08 Å². The number of hydrogen-bond donors (Lipinski definition) is 1. The van der Waals surface area contributed by atoms with Crippen molar-refractivity contribution in [3.63, 3.8) is 0 Å². The number of anilines is 4. The molecule has 3 aliphatic rings. The van der Waals surface area contributed by atoms with Gasteiger partial charge in [-0.05, 0) is 32.0 Å². The summed E-state index contributed by atoms with van der Waals surface area (Å²) in [5, 5.41) is 12.3. The molecule has 0 atom stereocenters. The van der Waals surface area contributed by atoms with Crippen molar-refractivity contribution in [2.75, 3.05) is 54.9 Å². The minimum Gasteiger partial charge on any atom is -0.367 e. The zero-order valence-corrected chi connectivity index (χ0v) is 19.5. The number of likely N-dealkylation sites (N-methyl/N-ethyl adjacent to an activating group) is 1. The molecule has 0 aromatic carbocycles. The van der Waals surface area contributed by atoms with Crippen LogP contribution in [0.15, 0.2) is 24.0 Å². The number of hydrogen-bond acceptors (Lipinski definition) is 8. The van der Waals surface area contributed by atoms with E-state index < -0.39 is 11.7 Å². The first kappa shape index (κ1) is 23.4. The SMILES string of the molecule is CN1CCN(c2cnc(Nc3ncc4c(n3)N(C3CCCC3)CC(C#N)=C4)cc2C(F)(F)F)CC1. The Morgan fingerprint density at radius 1 is 1.09 bits per heavy atom. The van der Waals surface area contributed by atoms with E-state index in [1.54, 1.807) is 17.2 Å². The largest absolute Gasteiger partial charge is 0.418 e. The standard InChI is InChI=1S/C24H27F3N8/c1-33-6-8-34(9-7-33)20-14-29-21(11-19(20)24(25,26)27)31-23-30-13-17-10-16(12-28)15-35(22(17)32-23)18-4-2-3-5-18/h10-11,13-14,18H,2-9,15H2,1H3,(H,29,30,31,32). The van der Waals surface area contributed by atoms with Gasteiger partial charge in [0.05, 0.1) is 30.1 Å². The molecular weight excluding hydrogens is 457 g/mol. The zero-order chi connectivity index (χ0) is 24.6. The fourth-order valence-corrected chi connectivity index (χ4v) is 5.01. The number of nitrogens with zero attached hydrogens (tertiary/aromatic N) is 7. The molecule has 184 valence electrons. The molecule has 2 aromatic heterocycles. The molecule has 8 nitrogen and oxygen atoms in total. The lowest BCUT2D eigenvalue weighted by atomic mass is 10.1. The van der Waals surface area contributed by atoms with Crippen molar-refractivity contribution >= 4 is 29.3 Å². The molecule has 1 saturated carbocycles. The zero-order valence-electron chi connectivity index (χ0n) is 19.5. The van der Waals surface area contributed by atoms with Gasteiger partial charge in [0, 0.05) is 49.6 Å². The predicted molar refractivity (Wildman–Crippen MR) is 127 cm³/mol. The molecule has 2 aliphatic heterocycles. The molecule has 11 heteroatoms. The lowest BCUT2D eigenvalue weighted by Gasteiger charge is -2.35. The summed E-state index contributed by atoms with van der Waals surface area (Å²) in [6, 6.07) is 3.54. The van der Waals surface area contributed by atoms with Crippen molar-refractivity contribution < 1.29 is 13.2 Å². The molecular formula is C24H27F3N8. The average Bonchev–Trinajstić information content (AvgIpc) is 3.38. The van der Waals surface area contributed by atoms with E-state index in [4.69, 9.17) is 0 Å². The Hall–Kier alpha value is -3.39. The summed E-state index contributed by atoms with van der Waals surface area (Å²) < 4.78 is 41.9. The van der Waals surface area contributed by atoms with Crippen LogP contribution in [-0.2, 0) is 6.18 Å². The third-order valence-corrected chi connectivity index (χ3v) is 6.92.